The van der Waals surface area contributed by atoms with Gasteiger partial charge in [-0.3, -0.25) is 0 Å². The van der Waals surface area contributed by atoms with E-state index < -0.39 is 24.1 Å². The Morgan fingerprint density at radius 2 is 1.88 bits per heavy atom. The first-order valence-corrected chi connectivity index (χ1v) is 10.2. The second-order valence-corrected chi connectivity index (χ2v) is 7.71. The maximum atomic E-state index is 14.6. The molecule has 10 heteroatoms. The number of nitrogens with two attached hydrogens (primary N) is 1. The van der Waals surface area contributed by atoms with Crippen LogP contribution < -0.4 is 10.5 Å². The van der Waals surface area contributed by atoms with Crippen LogP contribution in [0.2, 0.25) is 5.02 Å². The summed E-state index contributed by atoms with van der Waals surface area (Å²) in [4.78, 5) is 8.46. The highest BCUT2D eigenvalue weighted by Crippen LogP contribution is 2.36. The summed E-state index contributed by atoms with van der Waals surface area (Å²) in [7, 11) is 0. The fourth-order valence-electron chi connectivity index (χ4n) is 3.26. The third-order valence-corrected chi connectivity index (χ3v) is 5.44. The number of hydrogen-bond donors (Lipinski definition) is 1. The molecule has 2 N–H and O–H groups in total. The maximum absolute atomic E-state index is 14.6. The first-order valence-electron chi connectivity index (χ1n) is 9.78. The zero-order chi connectivity index (χ0) is 22.9. The van der Waals surface area contributed by atoms with Crippen molar-refractivity contribution < 1.29 is 17.9 Å². The van der Waals surface area contributed by atoms with E-state index in [1.807, 2.05) is 0 Å². The third kappa shape index (κ3) is 4.62. The highest BCUT2D eigenvalue weighted by atomic mass is 35.5. The summed E-state index contributed by atoms with van der Waals surface area (Å²) in [6.07, 6.45) is 1.13. The van der Waals surface area contributed by atoms with Crippen molar-refractivity contribution in [3.05, 3.63) is 71.1 Å². The lowest BCUT2D eigenvalue weighted by atomic mass is 9.93. The van der Waals surface area contributed by atoms with Crippen LogP contribution in [0.4, 0.5) is 19.1 Å². The quantitative estimate of drug-likeness (QED) is 0.400. The predicted octanol–water partition coefficient (Wildman–Crippen LogP) is 5.37. The molecule has 1 aromatic carbocycles. The molecule has 1 unspecified atom stereocenters. The molecule has 0 aliphatic rings. The van der Waals surface area contributed by atoms with Crippen LogP contribution in [0.5, 0.6) is 5.88 Å². The van der Waals surface area contributed by atoms with Gasteiger partial charge in [-0.25, -0.2) is 22.7 Å². The number of rotatable bonds is 7. The zero-order valence-electron chi connectivity index (χ0n) is 17.0. The predicted molar refractivity (Wildman–Crippen MR) is 116 cm³/mol. The molecule has 4 aromatic rings. The summed E-state index contributed by atoms with van der Waals surface area (Å²) >= 11 is 6.28. The van der Waals surface area contributed by atoms with Gasteiger partial charge in [-0.15, -0.1) is 5.10 Å². The first-order chi connectivity index (χ1) is 15.2. The monoisotopic (exact) mass is 461 g/mol. The van der Waals surface area contributed by atoms with Crippen molar-refractivity contribution in [1.82, 2.24) is 19.6 Å². The van der Waals surface area contributed by atoms with E-state index in [0.717, 1.165) is 0 Å². The number of fused-ring (bicyclic) bond motifs is 1. The molecule has 166 valence electrons. The molecule has 0 radical (unpaired) electrons. The van der Waals surface area contributed by atoms with E-state index in [0.29, 0.717) is 27.5 Å². The molecule has 3 heterocycles. The number of benzene rings is 1. The number of nitrogens with zero attached hydrogens (tertiary/aromatic N) is 4. The minimum atomic E-state index is -3.05. The fourth-order valence-corrected chi connectivity index (χ4v) is 3.47. The van der Waals surface area contributed by atoms with Crippen LogP contribution >= 0.6 is 11.6 Å². The smallest absolute Gasteiger partial charge is 0.257 e. The van der Waals surface area contributed by atoms with Gasteiger partial charge in [0.15, 0.2) is 5.65 Å². The first kappa shape index (κ1) is 21.9. The Labute approximate surface area is 186 Å². The summed E-state index contributed by atoms with van der Waals surface area (Å²) in [5.74, 6) is -4.32. The van der Waals surface area contributed by atoms with Crippen LogP contribution in [-0.2, 0) is 0 Å². The SMILES string of the molecule is CC(c1ccc(F)cc1)C(F)(F)CCOc1ccc(Cl)c(-c2ccn3nc(N)nc3c2)n1. The van der Waals surface area contributed by atoms with E-state index in [-0.39, 0.29) is 18.4 Å². The molecular formula is C22H19ClF3N5O. The van der Waals surface area contributed by atoms with Gasteiger partial charge < -0.3 is 10.5 Å². The standard InChI is InChI=1S/C22H19ClF3N5O/c1-13(14-2-4-16(24)5-3-14)22(25,26)9-11-32-19-7-6-17(23)20(29-19)15-8-10-31-18(12-15)28-21(27)30-31/h2-8,10,12-13H,9,11H2,1H3,(H2,27,30). The number of hydrogen-bond acceptors (Lipinski definition) is 5. The van der Waals surface area contributed by atoms with Crippen molar-refractivity contribution >= 4 is 23.2 Å². The molecule has 0 saturated heterocycles. The maximum Gasteiger partial charge on any atom is 0.257 e. The molecule has 6 nitrogen and oxygen atoms in total. The van der Waals surface area contributed by atoms with Gasteiger partial charge in [-0.05, 0) is 35.9 Å². The van der Waals surface area contributed by atoms with Crippen LogP contribution in [0.3, 0.4) is 0 Å². The van der Waals surface area contributed by atoms with Crippen molar-refractivity contribution in [2.45, 2.75) is 25.2 Å². The molecule has 1 atom stereocenters. The van der Waals surface area contributed by atoms with Gasteiger partial charge in [-0.1, -0.05) is 30.7 Å². The van der Waals surface area contributed by atoms with E-state index in [4.69, 9.17) is 22.1 Å². The molecule has 0 aliphatic heterocycles. The third-order valence-electron chi connectivity index (χ3n) is 5.14. The van der Waals surface area contributed by atoms with Crippen LogP contribution in [0.15, 0.2) is 54.7 Å². The lowest BCUT2D eigenvalue weighted by molar-refractivity contribution is -0.0401. The number of anilines is 1. The molecule has 3 aromatic heterocycles. The summed E-state index contributed by atoms with van der Waals surface area (Å²) < 4.78 is 49.3. The largest absolute Gasteiger partial charge is 0.477 e. The lowest BCUT2D eigenvalue weighted by Gasteiger charge is -2.24. The minimum absolute atomic E-state index is 0.133. The molecule has 0 saturated carbocycles. The van der Waals surface area contributed by atoms with E-state index >= 15 is 0 Å². The molecule has 4 rings (SSSR count). The topological polar surface area (TPSA) is 78.3 Å². The Kier molecular flexibility index (Phi) is 5.92. The molecule has 0 aliphatic carbocycles. The van der Waals surface area contributed by atoms with Gasteiger partial charge in [-0.2, -0.15) is 4.98 Å². The number of halogens is 4. The molecule has 0 bridgehead atoms. The van der Waals surface area contributed by atoms with Crippen LogP contribution in [0.25, 0.3) is 16.9 Å². The molecule has 0 amide bonds. The van der Waals surface area contributed by atoms with Crippen LogP contribution in [-0.4, -0.2) is 32.1 Å². The number of ether oxygens (including phenoxy) is 1. The average Bonchev–Trinajstić information content (AvgIpc) is 3.14. The fraction of sp³-hybridized carbons (Fsp3) is 0.227. The number of pyridine rings is 2. The Hall–Kier alpha value is -3.33. The number of nitrogen functional groups attached to an aromatic ring is 1. The minimum Gasteiger partial charge on any atom is -0.477 e. The van der Waals surface area contributed by atoms with Crippen molar-refractivity contribution in [2.24, 2.45) is 0 Å². The van der Waals surface area contributed by atoms with Gasteiger partial charge in [0.2, 0.25) is 11.8 Å². The Bertz CT molecular complexity index is 1250. The normalized spacial score (nSPS) is 12.8. The second kappa shape index (κ2) is 8.66. The Balaban J connectivity index is 1.46. The summed E-state index contributed by atoms with van der Waals surface area (Å²) in [6, 6.07) is 11.6. The van der Waals surface area contributed by atoms with Gasteiger partial charge in [0, 0.05) is 30.2 Å². The zero-order valence-corrected chi connectivity index (χ0v) is 17.7. The van der Waals surface area contributed by atoms with E-state index in [2.05, 4.69) is 15.1 Å². The van der Waals surface area contributed by atoms with Crippen molar-refractivity contribution in [1.29, 1.82) is 0 Å². The van der Waals surface area contributed by atoms with Gasteiger partial charge >= 0.3 is 0 Å². The highest BCUT2D eigenvalue weighted by Gasteiger charge is 2.37. The average molecular weight is 462 g/mol. The van der Waals surface area contributed by atoms with Gasteiger partial charge in [0.25, 0.3) is 5.92 Å². The van der Waals surface area contributed by atoms with E-state index in [1.165, 1.54) is 41.8 Å². The molecule has 0 spiro atoms. The highest BCUT2D eigenvalue weighted by molar-refractivity contribution is 6.33. The van der Waals surface area contributed by atoms with Crippen LogP contribution in [0, 0.1) is 5.82 Å². The summed E-state index contributed by atoms with van der Waals surface area (Å²) in [6.45, 7) is 1.14. The van der Waals surface area contributed by atoms with E-state index in [1.54, 1.807) is 24.4 Å². The van der Waals surface area contributed by atoms with Crippen molar-refractivity contribution in [3.63, 3.8) is 0 Å². The summed E-state index contributed by atoms with van der Waals surface area (Å²) in [5, 5.41) is 4.37. The van der Waals surface area contributed by atoms with Gasteiger partial charge in [0.1, 0.15) is 5.82 Å². The van der Waals surface area contributed by atoms with Gasteiger partial charge in [0.05, 0.1) is 17.3 Å². The second-order valence-electron chi connectivity index (χ2n) is 7.30. The molecule has 32 heavy (non-hydrogen) atoms. The number of aromatic nitrogens is 4. The van der Waals surface area contributed by atoms with Crippen LogP contribution in [0.1, 0.15) is 24.8 Å². The van der Waals surface area contributed by atoms with Crippen molar-refractivity contribution in [2.75, 3.05) is 12.3 Å². The molecule has 0 fully saturated rings. The summed E-state index contributed by atoms with van der Waals surface area (Å²) in [5.41, 5.74) is 7.54. The Morgan fingerprint density at radius 3 is 2.62 bits per heavy atom. The lowest BCUT2D eigenvalue weighted by Crippen LogP contribution is -2.27. The van der Waals surface area contributed by atoms with Crippen molar-refractivity contribution in [3.8, 4) is 17.1 Å². The Morgan fingerprint density at radius 1 is 1.12 bits per heavy atom. The molecular weight excluding hydrogens is 443 g/mol. The number of alkyl halides is 2. The van der Waals surface area contributed by atoms with E-state index in [9.17, 15) is 13.2 Å².